The quantitative estimate of drug-likeness (QED) is 0.643. The first-order chi connectivity index (χ1) is 9.95. The number of nitrogen functional groups attached to an aromatic ring is 1. The highest BCUT2D eigenvalue weighted by Crippen LogP contribution is 2.33. The van der Waals surface area contributed by atoms with Crippen LogP contribution in [0.4, 0.5) is 11.4 Å². The third kappa shape index (κ3) is 4.43. The van der Waals surface area contributed by atoms with E-state index in [1.807, 2.05) is 0 Å². The van der Waals surface area contributed by atoms with Gasteiger partial charge in [0, 0.05) is 17.4 Å². The van der Waals surface area contributed by atoms with E-state index < -0.39 is 0 Å². The first-order valence-corrected chi connectivity index (χ1v) is 7.02. The average molecular weight is 346 g/mol. The third-order valence-electron chi connectivity index (χ3n) is 2.53. The van der Waals surface area contributed by atoms with Crippen LogP contribution in [0.25, 0.3) is 0 Å². The van der Waals surface area contributed by atoms with Crippen molar-refractivity contribution in [3.05, 3.63) is 51.5 Å². The van der Waals surface area contributed by atoms with Crippen molar-refractivity contribution in [3.63, 3.8) is 0 Å². The van der Waals surface area contributed by atoms with Crippen LogP contribution in [0, 0.1) is 0 Å². The summed E-state index contributed by atoms with van der Waals surface area (Å²) in [6.07, 6.45) is 0. The zero-order valence-electron chi connectivity index (χ0n) is 10.7. The number of ether oxygens (including phenoxy) is 1. The van der Waals surface area contributed by atoms with Gasteiger partial charge in [0.2, 0.25) is 0 Å². The minimum absolute atomic E-state index is 0.206. The number of hydrogen-bond acceptors (Lipinski definition) is 3. The molecular formula is C14H11Cl3N2O2. The number of carbonyl (C=O) groups excluding carboxylic acids is 1. The highest BCUT2D eigenvalue weighted by atomic mass is 35.5. The fourth-order valence-corrected chi connectivity index (χ4v) is 2.11. The Morgan fingerprint density at radius 3 is 2.33 bits per heavy atom. The molecule has 0 heterocycles. The van der Waals surface area contributed by atoms with Crippen LogP contribution in [0.15, 0.2) is 36.4 Å². The van der Waals surface area contributed by atoms with Gasteiger partial charge in [0.15, 0.2) is 6.61 Å². The summed E-state index contributed by atoms with van der Waals surface area (Å²) < 4.78 is 5.32. The van der Waals surface area contributed by atoms with E-state index >= 15 is 0 Å². The molecule has 0 atom stereocenters. The van der Waals surface area contributed by atoms with Crippen LogP contribution in [0.1, 0.15) is 0 Å². The van der Waals surface area contributed by atoms with Crippen LogP contribution in [0.2, 0.25) is 15.1 Å². The van der Waals surface area contributed by atoms with Gasteiger partial charge in [-0.3, -0.25) is 4.79 Å². The molecule has 0 saturated heterocycles. The molecule has 0 unspecified atom stereocenters. The van der Waals surface area contributed by atoms with Crippen molar-refractivity contribution in [1.82, 2.24) is 0 Å². The Balaban J connectivity index is 1.95. The van der Waals surface area contributed by atoms with Crippen molar-refractivity contribution in [3.8, 4) is 5.75 Å². The second-order valence-electron chi connectivity index (χ2n) is 4.16. The van der Waals surface area contributed by atoms with E-state index in [4.69, 9.17) is 45.3 Å². The van der Waals surface area contributed by atoms with E-state index in [1.165, 1.54) is 12.1 Å². The van der Waals surface area contributed by atoms with Crippen LogP contribution < -0.4 is 15.8 Å². The number of carbonyl (C=O) groups is 1. The summed E-state index contributed by atoms with van der Waals surface area (Å²) in [7, 11) is 0. The SMILES string of the molecule is Nc1ccc(NC(=O)COc2cc(Cl)c(Cl)cc2Cl)cc1. The maximum atomic E-state index is 11.8. The lowest BCUT2D eigenvalue weighted by Gasteiger charge is -2.10. The zero-order valence-corrected chi connectivity index (χ0v) is 13.0. The first-order valence-electron chi connectivity index (χ1n) is 5.88. The van der Waals surface area contributed by atoms with Crippen LogP contribution in [-0.4, -0.2) is 12.5 Å². The molecule has 2 aromatic carbocycles. The van der Waals surface area contributed by atoms with Crippen molar-refractivity contribution in [2.75, 3.05) is 17.7 Å². The van der Waals surface area contributed by atoms with Gasteiger partial charge in [-0.05, 0) is 30.3 Å². The summed E-state index contributed by atoms with van der Waals surface area (Å²) in [6.45, 7) is -0.206. The minimum Gasteiger partial charge on any atom is -0.482 e. The number of anilines is 2. The lowest BCUT2D eigenvalue weighted by atomic mass is 10.3. The molecule has 0 aliphatic rings. The third-order valence-corrected chi connectivity index (χ3v) is 3.55. The molecule has 110 valence electrons. The Kier molecular flexibility index (Phi) is 5.17. The Morgan fingerprint density at radius 2 is 1.67 bits per heavy atom. The fraction of sp³-hybridized carbons (Fsp3) is 0.0714. The van der Waals surface area contributed by atoms with Gasteiger partial charge < -0.3 is 15.8 Å². The molecule has 1 amide bonds. The molecule has 0 radical (unpaired) electrons. The molecule has 2 aromatic rings. The van der Waals surface area contributed by atoms with Gasteiger partial charge in [0.1, 0.15) is 5.75 Å². The molecule has 0 aliphatic heterocycles. The Labute approximate surface area is 136 Å². The van der Waals surface area contributed by atoms with Gasteiger partial charge in [-0.1, -0.05) is 34.8 Å². The smallest absolute Gasteiger partial charge is 0.262 e. The van der Waals surface area contributed by atoms with Crippen molar-refractivity contribution in [1.29, 1.82) is 0 Å². The largest absolute Gasteiger partial charge is 0.482 e. The van der Waals surface area contributed by atoms with E-state index in [-0.39, 0.29) is 17.5 Å². The summed E-state index contributed by atoms with van der Waals surface area (Å²) >= 11 is 17.6. The molecule has 21 heavy (non-hydrogen) atoms. The van der Waals surface area contributed by atoms with E-state index in [0.29, 0.717) is 27.2 Å². The highest BCUT2D eigenvalue weighted by Gasteiger charge is 2.09. The molecule has 0 saturated carbocycles. The number of rotatable bonds is 4. The van der Waals surface area contributed by atoms with Crippen LogP contribution in [0.5, 0.6) is 5.75 Å². The second kappa shape index (κ2) is 6.89. The van der Waals surface area contributed by atoms with Crippen molar-refractivity contribution in [2.24, 2.45) is 0 Å². The van der Waals surface area contributed by atoms with E-state index in [0.717, 1.165) is 0 Å². The first kappa shape index (κ1) is 15.8. The molecule has 3 N–H and O–H groups in total. The van der Waals surface area contributed by atoms with Gasteiger partial charge in [0.05, 0.1) is 15.1 Å². The van der Waals surface area contributed by atoms with Crippen LogP contribution >= 0.6 is 34.8 Å². The van der Waals surface area contributed by atoms with Crippen molar-refractivity contribution < 1.29 is 9.53 Å². The van der Waals surface area contributed by atoms with Crippen LogP contribution in [-0.2, 0) is 4.79 Å². The molecule has 7 heteroatoms. The second-order valence-corrected chi connectivity index (χ2v) is 5.38. The van der Waals surface area contributed by atoms with E-state index in [2.05, 4.69) is 5.32 Å². The monoisotopic (exact) mass is 344 g/mol. The molecule has 2 rings (SSSR count). The minimum atomic E-state index is -0.332. The average Bonchev–Trinajstić information content (AvgIpc) is 2.44. The Bertz CT molecular complexity index is 660. The predicted octanol–water partition coefficient (Wildman–Crippen LogP) is 4.25. The fourth-order valence-electron chi connectivity index (χ4n) is 1.52. The molecule has 0 aromatic heterocycles. The molecular weight excluding hydrogens is 335 g/mol. The zero-order chi connectivity index (χ0) is 15.4. The van der Waals surface area contributed by atoms with Gasteiger partial charge in [0.25, 0.3) is 5.91 Å². The topological polar surface area (TPSA) is 64.3 Å². The van der Waals surface area contributed by atoms with Crippen molar-refractivity contribution >= 4 is 52.1 Å². The lowest BCUT2D eigenvalue weighted by Crippen LogP contribution is -2.20. The van der Waals surface area contributed by atoms with Gasteiger partial charge >= 0.3 is 0 Å². The number of nitrogens with one attached hydrogen (secondary N) is 1. The number of hydrogen-bond donors (Lipinski definition) is 2. The Morgan fingerprint density at radius 1 is 1.05 bits per heavy atom. The molecule has 0 fully saturated rings. The number of amides is 1. The van der Waals surface area contributed by atoms with Crippen molar-refractivity contribution in [2.45, 2.75) is 0 Å². The molecule has 0 aliphatic carbocycles. The summed E-state index contributed by atoms with van der Waals surface area (Å²) in [4.78, 5) is 11.8. The number of halogens is 3. The standard InChI is InChI=1S/C14H11Cl3N2O2/c15-10-5-12(17)13(6-11(10)16)21-7-14(20)19-9-3-1-8(18)2-4-9/h1-6H,7,18H2,(H,19,20). The summed E-state index contributed by atoms with van der Waals surface area (Å²) in [6, 6.07) is 9.68. The number of benzene rings is 2. The van der Waals surface area contributed by atoms with E-state index in [9.17, 15) is 4.79 Å². The van der Waals surface area contributed by atoms with Gasteiger partial charge in [-0.15, -0.1) is 0 Å². The maximum Gasteiger partial charge on any atom is 0.262 e. The lowest BCUT2D eigenvalue weighted by molar-refractivity contribution is -0.118. The Hall–Kier alpha value is -1.62. The molecule has 0 spiro atoms. The molecule has 0 bridgehead atoms. The molecule has 4 nitrogen and oxygen atoms in total. The summed E-state index contributed by atoms with van der Waals surface area (Å²) in [5, 5.41) is 3.57. The van der Waals surface area contributed by atoms with Gasteiger partial charge in [-0.25, -0.2) is 0 Å². The summed E-state index contributed by atoms with van der Waals surface area (Å²) in [5.41, 5.74) is 6.80. The van der Waals surface area contributed by atoms with E-state index in [1.54, 1.807) is 24.3 Å². The maximum absolute atomic E-state index is 11.8. The van der Waals surface area contributed by atoms with Gasteiger partial charge in [-0.2, -0.15) is 0 Å². The predicted molar refractivity (Wildman–Crippen MR) is 86.5 cm³/mol. The summed E-state index contributed by atoms with van der Waals surface area (Å²) in [5.74, 6) is -0.0413. The highest BCUT2D eigenvalue weighted by molar-refractivity contribution is 6.43. The normalized spacial score (nSPS) is 10.2. The van der Waals surface area contributed by atoms with Crippen LogP contribution in [0.3, 0.4) is 0 Å². The number of nitrogens with two attached hydrogens (primary N) is 1.